The molecule has 0 saturated carbocycles. The highest BCUT2D eigenvalue weighted by atomic mass is 127. The monoisotopic (exact) mass is 454 g/mol. The quantitative estimate of drug-likeness (QED) is 0.352. The van der Waals surface area contributed by atoms with Crippen molar-refractivity contribution in [3.8, 4) is 5.69 Å². The highest BCUT2D eigenvalue weighted by molar-refractivity contribution is 14.1. The van der Waals surface area contributed by atoms with Gasteiger partial charge in [-0.1, -0.05) is 23.2 Å². The second kappa shape index (κ2) is 5.91. The number of nitrogens with zero attached hydrogens (tertiary/aromatic N) is 2. The summed E-state index contributed by atoms with van der Waals surface area (Å²) < 4.78 is 16.2. The van der Waals surface area contributed by atoms with Crippen molar-refractivity contribution in [3.63, 3.8) is 0 Å². The Labute approximate surface area is 149 Å². The SMILES string of the molecule is Fc1cc2c(cc1I)nc(CCl)n2-c1ccc(Cl)c(Cl)c1. The molecule has 0 aliphatic carbocycles. The van der Waals surface area contributed by atoms with E-state index in [1.54, 1.807) is 28.8 Å². The second-order valence-electron chi connectivity index (χ2n) is 4.35. The van der Waals surface area contributed by atoms with Crippen LogP contribution in [0.2, 0.25) is 10.0 Å². The molecule has 0 N–H and O–H groups in total. The Morgan fingerprint density at radius 2 is 1.90 bits per heavy atom. The number of halogens is 5. The lowest BCUT2D eigenvalue weighted by molar-refractivity contribution is 0.622. The molecule has 21 heavy (non-hydrogen) atoms. The fourth-order valence-corrected chi connectivity index (χ4v) is 3.05. The van der Waals surface area contributed by atoms with E-state index >= 15 is 0 Å². The van der Waals surface area contributed by atoms with Crippen LogP contribution in [0.4, 0.5) is 4.39 Å². The molecule has 0 saturated heterocycles. The third-order valence-electron chi connectivity index (χ3n) is 3.05. The molecule has 0 atom stereocenters. The summed E-state index contributed by atoms with van der Waals surface area (Å²) in [5.41, 5.74) is 2.06. The van der Waals surface area contributed by atoms with Crippen molar-refractivity contribution < 1.29 is 4.39 Å². The molecule has 2 aromatic carbocycles. The zero-order valence-electron chi connectivity index (χ0n) is 10.4. The molecule has 3 rings (SSSR count). The number of rotatable bonds is 2. The van der Waals surface area contributed by atoms with E-state index in [9.17, 15) is 4.39 Å². The Hall–Kier alpha value is -0.560. The van der Waals surface area contributed by atoms with E-state index in [-0.39, 0.29) is 11.7 Å². The van der Waals surface area contributed by atoms with Crippen LogP contribution in [-0.2, 0) is 5.88 Å². The highest BCUT2D eigenvalue weighted by Crippen LogP contribution is 2.29. The van der Waals surface area contributed by atoms with Crippen molar-refractivity contribution in [1.29, 1.82) is 0 Å². The van der Waals surface area contributed by atoms with Gasteiger partial charge in [0.25, 0.3) is 0 Å². The van der Waals surface area contributed by atoms with E-state index in [1.165, 1.54) is 6.07 Å². The predicted octanol–water partition coefficient (Wildman–Crippen LogP) is 5.81. The van der Waals surface area contributed by atoms with E-state index in [4.69, 9.17) is 34.8 Å². The van der Waals surface area contributed by atoms with Gasteiger partial charge in [-0.3, -0.25) is 4.57 Å². The van der Waals surface area contributed by atoms with Crippen LogP contribution < -0.4 is 0 Å². The molecule has 0 unspecified atom stereocenters. The lowest BCUT2D eigenvalue weighted by Crippen LogP contribution is -1.99. The maximum atomic E-state index is 13.9. The third kappa shape index (κ3) is 2.74. The summed E-state index contributed by atoms with van der Waals surface area (Å²) in [6.45, 7) is 0. The molecule has 108 valence electrons. The van der Waals surface area contributed by atoms with E-state index < -0.39 is 0 Å². The Morgan fingerprint density at radius 3 is 2.57 bits per heavy atom. The van der Waals surface area contributed by atoms with Gasteiger partial charge in [0, 0.05) is 11.8 Å². The van der Waals surface area contributed by atoms with Crippen molar-refractivity contribution in [1.82, 2.24) is 9.55 Å². The number of benzene rings is 2. The van der Waals surface area contributed by atoms with Crippen LogP contribution in [0.15, 0.2) is 30.3 Å². The molecule has 0 amide bonds. The first-order chi connectivity index (χ1) is 10.0. The molecule has 0 bridgehead atoms. The zero-order chi connectivity index (χ0) is 15.1. The zero-order valence-corrected chi connectivity index (χ0v) is 14.8. The van der Waals surface area contributed by atoms with Gasteiger partial charge in [-0.15, -0.1) is 11.6 Å². The molecule has 0 aliphatic heterocycles. The smallest absolute Gasteiger partial charge is 0.138 e. The van der Waals surface area contributed by atoms with Crippen LogP contribution in [0, 0.1) is 9.39 Å². The number of hydrogen-bond donors (Lipinski definition) is 0. The fourth-order valence-electron chi connectivity index (χ4n) is 2.12. The minimum Gasteiger partial charge on any atom is -0.295 e. The summed E-state index contributed by atoms with van der Waals surface area (Å²) in [6.07, 6.45) is 0. The summed E-state index contributed by atoms with van der Waals surface area (Å²) in [5.74, 6) is 0.518. The average molecular weight is 455 g/mol. The molecule has 0 spiro atoms. The van der Waals surface area contributed by atoms with E-state index in [0.717, 1.165) is 5.69 Å². The van der Waals surface area contributed by atoms with Gasteiger partial charge in [0.15, 0.2) is 0 Å². The Kier molecular flexibility index (Phi) is 4.32. The van der Waals surface area contributed by atoms with Gasteiger partial charge in [0.05, 0.1) is 30.5 Å². The fraction of sp³-hybridized carbons (Fsp3) is 0.0714. The summed E-state index contributed by atoms with van der Waals surface area (Å²) in [4.78, 5) is 4.45. The van der Waals surface area contributed by atoms with Gasteiger partial charge in [-0.25, -0.2) is 9.37 Å². The van der Waals surface area contributed by atoms with Gasteiger partial charge >= 0.3 is 0 Å². The summed E-state index contributed by atoms with van der Waals surface area (Å²) in [6, 6.07) is 8.32. The first kappa shape index (κ1) is 15.3. The topological polar surface area (TPSA) is 17.8 Å². The largest absolute Gasteiger partial charge is 0.295 e. The molecule has 1 heterocycles. The number of aromatic nitrogens is 2. The highest BCUT2D eigenvalue weighted by Gasteiger charge is 2.15. The number of hydrogen-bond acceptors (Lipinski definition) is 1. The normalized spacial score (nSPS) is 11.3. The lowest BCUT2D eigenvalue weighted by atomic mass is 10.2. The molecule has 2 nitrogen and oxygen atoms in total. The van der Waals surface area contributed by atoms with Gasteiger partial charge in [0.2, 0.25) is 0 Å². The van der Waals surface area contributed by atoms with Crippen molar-refractivity contribution >= 4 is 68.4 Å². The van der Waals surface area contributed by atoms with Crippen LogP contribution in [-0.4, -0.2) is 9.55 Å². The van der Waals surface area contributed by atoms with Gasteiger partial charge in [0.1, 0.15) is 11.6 Å². The van der Waals surface area contributed by atoms with E-state index in [0.29, 0.717) is 30.5 Å². The molecule has 0 fully saturated rings. The minimum atomic E-state index is -0.301. The number of imidazole rings is 1. The standard InChI is InChI=1S/C14H7Cl3FIN2/c15-6-14-20-12-5-11(19)10(18)4-13(12)21(14)7-1-2-8(16)9(17)3-7/h1-5H,6H2. The summed E-state index contributed by atoms with van der Waals surface area (Å²) in [5, 5.41) is 0.875. The molecule has 1 aromatic heterocycles. The Bertz CT molecular complexity index is 848. The summed E-state index contributed by atoms with van der Waals surface area (Å²) >= 11 is 19.9. The number of fused-ring (bicyclic) bond motifs is 1. The maximum Gasteiger partial charge on any atom is 0.138 e. The van der Waals surface area contributed by atoms with Gasteiger partial charge in [-0.2, -0.15) is 0 Å². The predicted molar refractivity (Wildman–Crippen MR) is 93.3 cm³/mol. The molecular formula is C14H7Cl3FIN2. The van der Waals surface area contributed by atoms with Gasteiger partial charge < -0.3 is 0 Å². The minimum absolute atomic E-state index is 0.202. The molecular weight excluding hydrogens is 448 g/mol. The van der Waals surface area contributed by atoms with E-state index in [1.807, 2.05) is 22.6 Å². The number of alkyl halides is 1. The van der Waals surface area contributed by atoms with Crippen LogP contribution >= 0.6 is 57.4 Å². The van der Waals surface area contributed by atoms with Crippen molar-refractivity contribution in [2.45, 2.75) is 5.88 Å². The maximum absolute atomic E-state index is 13.9. The van der Waals surface area contributed by atoms with Gasteiger partial charge in [-0.05, 0) is 46.9 Å². The Morgan fingerprint density at radius 1 is 1.14 bits per heavy atom. The second-order valence-corrected chi connectivity index (χ2v) is 6.59. The first-order valence-electron chi connectivity index (χ1n) is 5.89. The van der Waals surface area contributed by atoms with Crippen LogP contribution in [0.25, 0.3) is 16.7 Å². The summed E-state index contributed by atoms with van der Waals surface area (Å²) in [7, 11) is 0. The first-order valence-corrected chi connectivity index (χ1v) is 8.26. The van der Waals surface area contributed by atoms with Crippen LogP contribution in [0.3, 0.4) is 0 Å². The molecule has 3 aromatic rings. The average Bonchev–Trinajstić information content (AvgIpc) is 2.80. The van der Waals surface area contributed by atoms with Crippen molar-refractivity contribution in [2.75, 3.05) is 0 Å². The lowest BCUT2D eigenvalue weighted by Gasteiger charge is -2.09. The molecule has 7 heteroatoms. The molecule has 0 aliphatic rings. The van der Waals surface area contributed by atoms with E-state index in [2.05, 4.69) is 4.98 Å². The van der Waals surface area contributed by atoms with Crippen LogP contribution in [0.1, 0.15) is 5.82 Å². The van der Waals surface area contributed by atoms with Crippen molar-refractivity contribution in [3.05, 3.63) is 55.6 Å². The Balaban J connectivity index is 2.34. The van der Waals surface area contributed by atoms with Crippen molar-refractivity contribution in [2.24, 2.45) is 0 Å². The molecule has 0 radical (unpaired) electrons. The third-order valence-corrected chi connectivity index (χ3v) is 4.85. The van der Waals surface area contributed by atoms with Crippen LogP contribution in [0.5, 0.6) is 0 Å².